The van der Waals surface area contributed by atoms with Gasteiger partial charge in [-0.3, -0.25) is 4.79 Å². The fourth-order valence-corrected chi connectivity index (χ4v) is 5.91. The van der Waals surface area contributed by atoms with Crippen molar-refractivity contribution < 1.29 is 49.6 Å². The zero-order valence-electron chi connectivity index (χ0n) is 23.0. The van der Waals surface area contributed by atoms with E-state index >= 15 is 0 Å². The molecule has 3 fully saturated rings. The molecule has 15 atom stereocenters. The molecule has 0 aromatic rings. The fourth-order valence-electron chi connectivity index (χ4n) is 5.91. The number of hydrogen-bond donors (Lipinski definition) is 13. The van der Waals surface area contributed by atoms with Gasteiger partial charge in [0.15, 0.2) is 6.29 Å². The number of nitrogens with one attached hydrogen (secondary N) is 2. The van der Waals surface area contributed by atoms with Gasteiger partial charge in [0.2, 0.25) is 5.91 Å². The van der Waals surface area contributed by atoms with E-state index in [9.17, 15) is 35.4 Å². The molecule has 240 valence electrons. The first-order chi connectivity index (χ1) is 19.5. The van der Waals surface area contributed by atoms with E-state index in [1.54, 1.807) is 0 Å². The third-order valence-electron chi connectivity index (χ3n) is 8.28. The van der Waals surface area contributed by atoms with Crippen LogP contribution < -0.4 is 39.3 Å². The standard InChI is InChI=1S/C24H49N7O10/c25-2-1-3-30-10-5-12(33)14(7-27)39-21(10)16-9(28)4-11(31-23(38)13(34)6-26)22(19(16)36)41-24-20(37)17(29)18(35)15(8-32)40-24/h9-22,24,30,32-37H,1-8,25-29H2,(H,31,38)/t9-,10+,11+,12-,13-,14+,15+,16?,17-,18+,19-,20+,21-,22-,24+/m0/s1. The number of carbonyl (C=O) groups excluding carboxylic acids is 1. The molecule has 2 heterocycles. The summed E-state index contributed by atoms with van der Waals surface area (Å²) in [6.45, 7) is -0.0111. The molecular formula is C24H49N7O10. The maximum absolute atomic E-state index is 12.6. The highest BCUT2D eigenvalue weighted by Gasteiger charge is 2.54. The minimum absolute atomic E-state index is 0.0195. The van der Waals surface area contributed by atoms with Gasteiger partial charge in [-0.15, -0.1) is 0 Å². The van der Waals surface area contributed by atoms with Gasteiger partial charge in [-0.2, -0.15) is 0 Å². The molecule has 2 aliphatic heterocycles. The molecule has 1 saturated carbocycles. The summed E-state index contributed by atoms with van der Waals surface area (Å²) in [5, 5.41) is 68.8. The summed E-state index contributed by atoms with van der Waals surface area (Å²) in [5.41, 5.74) is 29.4. The Morgan fingerprint density at radius 3 is 2.29 bits per heavy atom. The summed E-state index contributed by atoms with van der Waals surface area (Å²) < 4.78 is 17.8. The predicted octanol–water partition coefficient (Wildman–Crippen LogP) is -7.57. The summed E-state index contributed by atoms with van der Waals surface area (Å²) in [6.07, 6.45) is -11.3. The van der Waals surface area contributed by atoms with Crippen molar-refractivity contribution in [2.24, 2.45) is 34.6 Å². The molecule has 0 radical (unpaired) electrons. The molecule has 18 N–H and O–H groups in total. The third kappa shape index (κ3) is 7.88. The van der Waals surface area contributed by atoms with Gasteiger partial charge in [-0.05, 0) is 32.4 Å². The Labute approximate surface area is 238 Å². The van der Waals surface area contributed by atoms with Crippen LogP contribution in [0.2, 0.25) is 0 Å². The molecule has 0 aromatic carbocycles. The van der Waals surface area contributed by atoms with Crippen LogP contribution in [0.1, 0.15) is 19.3 Å². The summed E-state index contributed by atoms with van der Waals surface area (Å²) >= 11 is 0. The number of carbonyl (C=O) groups is 1. The van der Waals surface area contributed by atoms with Gasteiger partial charge < -0.3 is 84.2 Å². The van der Waals surface area contributed by atoms with E-state index in [1.165, 1.54) is 0 Å². The maximum atomic E-state index is 12.6. The summed E-state index contributed by atoms with van der Waals surface area (Å²) in [5.74, 6) is -1.64. The second-order valence-corrected chi connectivity index (χ2v) is 11.1. The lowest BCUT2D eigenvalue weighted by molar-refractivity contribution is -0.307. The van der Waals surface area contributed by atoms with Crippen LogP contribution in [0.3, 0.4) is 0 Å². The average Bonchev–Trinajstić information content (AvgIpc) is 2.95. The lowest BCUT2D eigenvalue weighted by Gasteiger charge is -2.52. The van der Waals surface area contributed by atoms with Crippen molar-refractivity contribution >= 4 is 5.91 Å². The van der Waals surface area contributed by atoms with Gasteiger partial charge in [0, 0.05) is 31.1 Å². The molecule has 0 spiro atoms. The van der Waals surface area contributed by atoms with Crippen LogP contribution in [-0.2, 0) is 19.0 Å². The van der Waals surface area contributed by atoms with Crippen molar-refractivity contribution in [1.82, 2.24) is 10.6 Å². The maximum Gasteiger partial charge on any atom is 0.250 e. The number of nitrogens with two attached hydrogens (primary N) is 5. The van der Waals surface area contributed by atoms with Crippen LogP contribution in [0.4, 0.5) is 0 Å². The molecule has 1 unspecified atom stereocenters. The molecule has 0 aromatic heterocycles. The van der Waals surface area contributed by atoms with E-state index in [4.69, 9.17) is 42.9 Å². The van der Waals surface area contributed by atoms with E-state index < -0.39 is 104 Å². The molecule has 1 aliphatic carbocycles. The van der Waals surface area contributed by atoms with Gasteiger partial charge in [-0.25, -0.2) is 0 Å². The molecule has 1 amide bonds. The second kappa shape index (κ2) is 15.6. The zero-order valence-corrected chi connectivity index (χ0v) is 23.0. The first kappa shape index (κ1) is 34.4. The summed E-state index contributed by atoms with van der Waals surface area (Å²) in [6, 6.07) is -3.45. The number of hydrogen-bond acceptors (Lipinski definition) is 16. The van der Waals surface area contributed by atoms with Crippen LogP contribution in [0.5, 0.6) is 0 Å². The highest BCUT2D eigenvalue weighted by Crippen LogP contribution is 2.37. The smallest absolute Gasteiger partial charge is 0.250 e. The molecule has 2 saturated heterocycles. The number of ether oxygens (including phenoxy) is 3. The van der Waals surface area contributed by atoms with Crippen LogP contribution in [0, 0.1) is 5.92 Å². The van der Waals surface area contributed by atoms with Crippen molar-refractivity contribution in [1.29, 1.82) is 0 Å². The number of aliphatic hydroxyl groups excluding tert-OH is 6. The van der Waals surface area contributed by atoms with Crippen molar-refractivity contribution in [3.63, 3.8) is 0 Å². The predicted molar refractivity (Wildman–Crippen MR) is 143 cm³/mol. The lowest BCUT2D eigenvalue weighted by atomic mass is 9.71. The quantitative estimate of drug-likeness (QED) is 0.0931. The Bertz CT molecular complexity index is 819. The van der Waals surface area contributed by atoms with Crippen LogP contribution >= 0.6 is 0 Å². The Hall–Kier alpha value is -1.13. The lowest BCUT2D eigenvalue weighted by Crippen LogP contribution is -2.70. The van der Waals surface area contributed by atoms with Crippen molar-refractivity contribution in [2.75, 3.05) is 32.8 Å². The summed E-state index contributed by atoms with van der Waals surface area (Å²) in [4.78, 5) is 12.6. The first-order valence-corrected chi connectivity index (χ1v) is 14.1. The highest BCUT2D eigenvalue weighted by atomic mass is 16.7. The van der Waals surface area contributed by atoms with Crippen molar-refractivity contribution in [2.45, 2.75) is 105 Å². The molecular weight excluding hydrogens is 546 g/mol. The topological polar surface area (TPSA) is 320 Å². The monoisotopic (exact) mass is 595 g/mol. The number of amides is 1. The minimum Gasteiger partial charge on any atom is -0.394 e. The van der Waals surface area contributed by atoms with Gasteiger partial charge in [0.1, 0.15) is 30.5 Å². The highest BCUT2D eigenvalue weighted by molar-refractivity contribution is 5.81. The number of aliphatic hydroxyl groups is 6. The van der Waals surface area contributed by atoms with Gasteiger partial charge >= 0.3 is 0 Å². The Morgan fingerprint density at radius 2 is 1.68 bits per heavy atom. The van der Waals surface area contributed by atoms with E-state index in [0.29, 0.717) is 19.5 Å². The largest absolute Gasteiger partial charge is 0.394 e. The van der Waals surface area contributed by atoms with Crippen molar-refractivity contribution in [3.05, 3.63) is 0 Å². The molecule has 3 rings (SSSR count). The normalized spacial score (nSPS) is 44.4. The molecule has 0 bridgehead atoms. The minimum atomic E-state index is -1.56. The van der Waals surface area contributed by atoms with Crippen LogP contribution in [0.15, 0.2) is 0 Å². The van der Waals surface area contributed by atoms with Crippen LogP contribution in [0.25, 0.3) is 0 Å². The van der Waals surface area contributed by atoms with E-state index in [0.717, 1.165) is 0 Å². The van der Waals surface area contributed by atoms with Gasteiger partial charge in [0.05, 0.1) is 43.1 Å². The Kier molecular flexibility index (Phi) is 13.0. The average molecular weight is 596 g/mol. The van der Waals surface area contributed by atoms with Gasteiger partial charge in [-0.1, -0.05) is 0 Å². The Balaban J connectivity index is 1.92. The second-order valence-electron chi connectivity index (χ2n) is 11.1. The first-order valence-electron chi connectivity index (χ1n) is 14.1. The molecule has 3 aliphatic rings. The zero-order chi connectivity index (χ0) is 30.4. The van der Waals surface area contributed by atoms with Crippen LogP contribution in [-0.4, -0.2) is 155 Å². The van der Waals surface area contributed by atoms with Crippen molar-refractivity contribution in [3.8, 4) is 0 Å². The van der Waals surface area contributed by atoms with E-state index in [2.05, 4.69) is 10.6 Å². The summed E-state index contributed by atoms with van der Waals surface area (Å²) in [7, 11) is 0. The van der Waals surface area contributed by atoms with E-state index in [-0.39, 0.29) is 25.9 Å². The van der Waals surface area contributed by atoms with E-state index in [1.807, 2.05) is 0 Å². The third-order valence-corrected chi connectivity index (χ3v) is 8.28. The Morgan fingerprint density at radius 1 is 0.976 bits per heavy atom. The van der Waals surface area contributed by atoms with Gasteiger partial charge in [0.25, 0.3) is 0 Å². The SMILES string of the molecule is NCCCN[C@@H]1C[C@H](O)[C@@H](CN)O[C@@H]1C1[C@@H](N)C[C@@H](NC(=O)[C@@H](O)CN)[C@H](O[C@H]2O[C@H](CO)[C@@H](O)[C@H](N)[C@H]2O)[C@H]1O. The molecule has 17 nitrogen and oxygen atoms in total. The molecule has 41 heavy (non-hydrogen) atoms. The fraction of sp³-hybridized carbons (Fsp3) is 0.958. The molecule has 17 heteroatoms. The number of rotatable bonds is 12.